The third kappa shape index (κ3) is 3.87. The molecule has 0 atom stereocenters. The molecule has 0 saturated heterocycles. The zero-order valence-corrected chi connectivity index (χ0v) is 13.8. The molecule has 0 radical (unpaired) electrons. The Morgan fingerprint density at radius 2 is 2.08 bits per heavy atom. The maximum atomic E-state index is 12.1. The Labute approximate surface area is 140 Å². The van der Waals surface area contributed by atoms with E-state index in [1.807, 2.05) is 31.4 Å². The first kappa shape index (κ1) is 15.9. The lowest BCUT2D eigenvalue weighted by atomic mass is 10.1. The number of aryl methyl sites for hydroxylation is 2. The first-order chi connectivity index (χ1) is 11.6. The fourth-order valence-corrected chi connectivity index (χ4v) is 2.45. The van der Waals surface area contributed by atoms with Crippen LogP contribution in [-0.2, 0) is 20.0 Å². The van der Waals surface area contributed by atoms with Crippen LogP contribution in [0.1, 0.15) is 27.2 Å². The van der Waals surface area contributed by atoms with Gasteiger partial charge in [-0.1, -0.05) is 29.5 Å². The second kappa shape index (κ2) is 7.08. The highest BCUT2D eigenvalue weighted by Crippen LogP contribution is 2.08. The number of benzene rings is 1. The second-order valence-electron chi connectivity index (χ2n) is 5.76. The molecule has 0 saturated carbocycles. The van der Waals surface area contributed by atoms with Gasteiger partial charge in [-0.3, -0.25) is 9.48 Å². The van der Waals surface area contributed by atoms with Crippen LogP contribution in [0.15, 0.2) is 42.9 Å². The minimum atomic E-state index is -0.213. The normalized spacial score (nSPS) is 10.8. The van der Waals surface area contributed by atoms with Crippen LogP contribution in [0.5, 0.6) is 0 Å². The van der Waals surface area contributed by atoms with Gasteiger partial charge in [0, 0.05) is 19.8 Å². The molecule has 2 aromatic heterocycles. The highest BCUT2D eigenvalue weighted by atomic mass is 16.2. The number of amides is 1. The number of nitrogens with one attached hydrogen (secondary N) is 1. The number of rotatable bonds is 6. The van der Waals surface area contributed by atoms with E-state index in [9.17, 15) is 4.79 Å². The van der Waals surface area contributed by atoms with Crippen molar-refractivity contribution in [2.75, 3.05) is 6.54 Å². The average molecular weight is 324 g/mol. The summed E-state index contributed by atoms with van der Waals surface area (Å²) >= 11 is 0. The van der Waals surface area contributed by atoms with Gasteiger partial charge in [0.05, 0.1) is 18.9 Å². The summed E-state index contributed by atoms with van der Waals surface area (Å²) in [5.74, 6) is -0.213. The fraction of sp³-hybridized carbons (Fsp3) is 0.294. The molecule has 0 aliphatic rings. The predicted octanol–water partition coefficient (Wildman–Crippen LogP) is 1.34. The topological polar surface area (TPSA) is 77.6 Å². The molecule has 1 N–H and O–H groups in total. The van der Waals surface area contributed by atoms with Crippen molar-refractivity contribution in [3.63, 3.8) is 0 Å². The number of hydrogen-bond acceptors (Lipinski definition) is 4. The van der Waals surface area contributed by atoms with Crippen molar-refractivity contribution in [3.05, 3.63) is 65.2 Å². The molecule has 7 nitrogen and oxygen atoms in total. The van der Waals surface area contributed by atoms with Crippen LogP contribution in [-0.4, -0.2) is 37.2 Å². The number of aromatic nitrogens is 5. The first-order valence-electron chi connectivity index (χ1n) is 7.82. The maximum absolute atomic E-state index is 12.1. The van der Waals surface area contributed by atoms with Crippen LogP contribution in [0.3, 0.4) is 0 Å². The standard InChI is InChI=1S/C17H20N6O/c1-13-5-3-4-6-15(13)11-23-12-16(20-21-23)17(24)18-8-7-14-9-19-22(2)10-14/h3-6,9-10,12H,7-8,11H2,1-2H3,(H,18,24). The van der Waals surface area contributed by atoms with E-state index in [1.54, 1.807) is 21.8 Å². The molecule has 3 aromatic rings. The molecule has 24 heavy (non-hydrogen) atoms. The molecule has 0 aliphatic heterocycles. The Morgan fingerprint density at radius 1 is 1.25 bits per heavy atom. The van der Waals surface area contributed by atoms with Crippen molar-refractivity contribution in [2.45, 2.75) is 19.9 Å². The monoisotopic (exact) mass is 324 g/mol. The number of carbonyl (C=O) groups excluding carboxylic acids is 1. The Balaban J connectivity index is 1.54. The molecule has 0 unspecified atom stereocenters. The minimum absolute atomic E-state index is 0.213. The molecule has 0 fully saturated rings. The summed E-state index contributed by atoms with van der Waals surface area (Å²) in [6, 6.07) is 8.09. The summed E-state index contributed by atoms with van der Waals surface area (Å²) in [5.41, 5.74) is 3.76. The zero-order valence-electron chi connectivity index (χ0n) is 13.8. The lowest BCUT2D eigenvalue weighted by Crippen LogP contribution is -2.26. The summed E-state index contributed by atoms with van der Waals surface area (Å²) in [4.78, 5) is 12.1. The summed E-state index contributed by atoms with van der Waals surface area (Å²) in [7, 11) is 1.87. The van der Waals surface area contributed by atoms with Gasteiger partial charge in [0.1, 0.15) is 0 Å². The average Bonchev–Trinajstić information content (AvgIpc) is 3.19. The van der Waals surface area contributed by atoms with Gasteiger partial charge >= 0.3 is 0 Å². The van der Waals surface area contributed by atoms with Crippen LogP contribution < -0.4 is 5.32 Å². The lowest BCUT2D eigenvalue weighted by molar-refractivity contribution is 0.0949. The van der Waals surface area contributed by atoms with Gasteiger partial charge in [-0.15, -0.1) is 5.10 Å². The van der Waals surface area contributed by atoms with Gasteiger partial charge in [-0.2, -0.15) is 5.10 Å². The molecule has 7 heteroatoms. The third-order valence-corrected chi connectivity index (χ3v) is 3.82. The molecular weight excluding hydrogens is 304 g/mol. The minimum Gasteiger partial charge on any atom is -0.350 e. The zero-order chi connectivity index (χ0) is 16.9. The number of nitrogens with zero attached hydrogens (tertiary/aromatic N) is 5. The van der Waals surface area contributed by atoms with Gasteiger partial charge in [0.2, 0.25) is 0 Å². The van der Waals surface area contributed by atoms with Crippen LogP contribution in [0.4, 0.5) is 0 Å². The first-order valence-corrected chi connectivity index (χ1v) is 7.82. The maximum Gasteiger partial charge on any atom is 0.273 e. The van der Waals surface area contributed by atoms with E-state index in [1.165, 1.54) is 5.56 Å². The van der Waals surface area contributed by atoms with Gasteiger partial charge in [0.15, 0.2) is 5.69 Å². The van der Waals surface area contributed by atoms with E-state index < -0.39 is 0 Å². The van der Waals surface area contributed by atoms with E-state index in [4.69, 9.17) is 0 Å². The molecule has 2 heterocycles. The van der Waals surface area contributed by atoms with Gasteiger partial charge in [0.25, 0.3) is 5.91 Å². The third-order valence-electron chi connectivity index (χ3n) is 3.82. The van der Waals surface area contributed by atoms with E-state index in [0.717, 1.165) is 17.5 Å². The van der Waals surface area contributed by atoms with Crippen molar-refractivity contribution in [1.29, 1.82) is 0 Å². The van der Waals surface area contributed by atoms with E-state index >= 15 is 0 Å². The van der Waals surface area contributed by atoms with Crippen molar-refractivity contribution in [1.82, 2.24) is 30.1 Å². The largest absolute Gasteiger partial charge is 0.350 e. The molecule has 124 valence electrons. The van der Waals surface area contributed by atoms with Crippen LogP contribution in [0.25, 0.3) is 0 Å². The quantitative estimate of drug-likeness (QED) is 0.742. The van der Waals surface area contributed by atoms with Gasteiger partial charge < -0.3 is 5.32 Å². The van der Waals surface area contributed by atoms with Crippen LogP contribution in [0.2, 0.25) is 0 Å². The Bertz CT molecular complexity index is 835. The smallest absolute Gasteiger partial charge is 0.273 e. The van der Waals surface area contributed by atoms with E-state index in [0.29, 0.717) is 18.8 Å². The van der Waals surface area contributed by atoms with Crippen molar-refractivity contribution in [2.24, 2.45) is 7.05 Å². The van der Waals surface area contributed by atoms with Gasteiger partial charge in [-0.05, 0) is 30.0 Å². The summed E-state index contributed by atoms with van der Waals surface area (Å²) in [5, 5.41) is 14.9. The molecule has 0 spiro atoms. The van der Waals surface area contributed by atoms with Crippen molar-refractivity contribution in [3.8, 4) is 0 Å². The molecule has 1 aromatic carbocycles. The second-order valence-corrected chi connectivity index (χ2v) is 5.76. The highest BCUT2D eigenvalue weighted by Gasteiger charge is 2.11. The number of carbonyl (C=O) groups is 1. The van der Waals surface area contributed by atoms with Crippen molar-refractivity contribution >= 4 is 5.91 Å². The molecule has 3 rings (SSSR count). The highest BCUT2D eigenvalue weighted by molar-refractivity contribution is 5.91. The van der Waals surface area contributed by atoms with Crippen LogP contribution in [0, 0.1) is 6.92 Å². The SMILES string of the molecule is Cc1ccccc1Cn1cc(C(=O)NCCc2cnn(C)c2)nn1. The molecule has 0 aliphatic carbocycles. The Hall–Kier alpha value is -2.96. The molecule has 0 bridgehead atoms. The van der Waals surface area contributed by atoms with Gasteiger partial charge in [-0.25, -0.2) is 4.68 Å². The van der Waals surface area contributed by atoms with E-state index in [-0.39, 0.29) is 5.91 Å². The van der Waals surface area contributed by atoms with Crippen LogP contribution >= 0.6 is 0 Å². The van der Waals surface area contributed by atoms with Crippen molar-refractivity contribution < 1.29 is 4.79 Å². The Morgan fingerprint density at radius 3 is 2.83 bits per heavy atom. The summed E-state index contributed by atoms with van der Waals surface area (Å²) in [6.45, 7) is 3.19. The fourth-order valence-electron chi connectivity index (χ4n) is 2.45. The lowest BCUT2D eigenvalue weighted by Gasteiger charge is -2.04. The summed E-state index contributed by atoms with van der Waals surface area (Å²) in [6.07, 6.45) is 6.14. The van der Waals surface area contributed by atoms with E-state index in [2.05, 4.69) is 33.7 Å². The molecule has 1 amide bonds. The molecular formula is C17H20N6O. The number of hydrogen-bond donors (Lipinski definition) is 1. The Kier molecular flexibility index (Phi) is 4.69. The predicted molar refractivity (Wildman–Crippen MR) is 89.5 cm³/mol. The summed E-state index contributed by atoms with van der Waals surface area (Å²) < 4.78 is 3.42.